The van der Waals surface area contributed by atoms with E-state index in [1.54, 1.807) is 0 Å². The second-order valence-electron chi connectivity index (χ2n) is 1.35. The first-order valence-corrected chi connectivity index (χ1v) is 1.99. The van der Waals surface area contributed by atoms with Crippen LogP contribution in [0, 0.1) is 5.92 Å². The van der Waals surface area contributed by atoms with Gasteiger partial charge < -0.3 is 11.5 Å². The molecule has 4 N–H and O–H groups in total. The Hall–Kier alpha value is -1.06. The molecule has 0 aliphatic heterocycles. The molecule has 0 bridgehead atoms. The number of rotatable bonds is 2. The monoisotopic (exact) mass is 115 g/mol. The SMILES string of the molecule is C[C](C(N)=O)C(N)=O. The van der Waals surface area contributed by atoms with Crippen LogP contribution in [0.25, 0.3) is 0 Å². The van der Waals surface area contributed by atoms with Crippen molar-refractivity contribution in [2.24, 2.45) is 11.5 Å². The number of hydrogen-bond acceptors (Lipinski definition) is 2. The Bertz CT molecular complexity index is 107. The van der Waals surface area contributed by atoms with Gasteiger partial charge in [-0.05, 0) is 6.92 Å². The second kappa shape index (κ2) is 2.30. The zero-order chi connectivity index (χ0) is 6.73. The maximum atomic E-state index is 10.0. The Morgan fingerprint density at radius 2 is 1.38 bits per heavy atom. The first-order valence-electron chi connectivity index (χ1n) is 1.99. The summed E-state index contributed by atoms with van der Waals surface area (Å²) in [5.41, 5.74) is 9.32. The summed E-state index contributed by atoms with van der Waals surface area (Å²) in [7, 11) is 0. The molecule has 0 rings (SSSR count). The molecule has 0 spiro atoms. The molecular formula is C4H7N2O2. The standard InChI is InChI=1S/C4H7N2O2/c1-2(3(5)7)4(6)8/h1H3,(H2,5,7)(H2,6,8). The van der Waals surface area contributed by atoms with Gasteiger partial charge in [-0.3, -0.25) is 9.59 Å². The average Bonchev–Trinajstić information content (AvgIpc) is 1.64. The molecule has 0 heterocycles. The lowest BCUT2D eigenvalue weighted by Gasteiger charge is -1.96. The van der Waals surface area contributed by atoms with Gasteiger partial charge in [-0.1, -0.05) is 0 Å². The fourth-order valence-electron chi connectivity index (χ4n) is 0.121. The van der Waals surface area contributed by atoms with E-state index in [9.17, 15) is 9.59 Å². The lowest BCUT2D eigenvalue weighted by atomic mass is 10.2. The maximum absolute atomic E-state index is 10.0. The van der Waals surface area contributed by atoms with E-state index in [1.165, 1.54) is 6.92 Å². The van der Waals surface area contributed by atoms with Crippen molar-refractivity contribution in [3.8, 4) is 0 Å². The molecule has 0 atom stereocenters. The summed E-state index contributed by atoms with van der Waals surface area (Å²) in [4.78, 5) is 20.1. The molecule has 0 aliphatic carbocycles. The van der Waals surface area contributed by atoms with Gasteiger partial charge in [0.25, 0.3) is 0 Å². The van der Waals surface area contributed by atoms with Crippen LogP contribution in [0.5, 0.6) is 0 Å². The summed E-state index contributed by atoms with van der Waals surface area (Å²) in [5, 5.41) is 0. The molecule has 2 amide bonds. The fraction of sp³-hybridized carbons (Fsp3) is 0.250. The van der Waals surface area contributed by atoms with Gasteiger partial charge in [0, 0.05) is 0 Å². The van der Waals surface area contributed by atoms with Gasteiger partial charge in [0.15, 0.2) is 0 Å². The molecule has 0 saturated carbocycles. The zero-order valence-corrected chi connectivity index (χ0v) is 4.47. The molecule has 8 heavy (non-hydrogen) atoms. The van der Waals surface area contributed by atoms with Crippen molar-refractivity contribution in [1.29, 1.82) is 0 Å². The fourth-order valence-corrected chi connectivity index (χ4v) is 0.121. The van der Waals surface area contributed by atoms with Crippen LogP contribution in [0.3, 0.4) is 0 Å². The number of primary amides is 2. The number of carbonyl (C=O) groups is 2. The van der Waals surface area contributed by atoms with Gasteiger partial charge in [-0.2, -0.15) is 0 Å². The number of nitrogens with two attached hydrogens (primary N) is 2. The Morgan fingerprint density at radius 3 is 1.38 bits per heavy atom. The zero-order valence-electron chi connectivity index (χ0n) is 4.47. The average molecular weight is 115 g/mol. The summed E-state index contributed by atoms with van der Waals surface area (Å²) in [6, 6.07) is 0. The van der Waals surface area contributed by atoms with E-state index in [1.807, 2.05) is 0 Å². The lowest BCUT2D eigenvalue weighted by molar-refractivity contribution is -0.123. The second-order valence-corrected chi connectivity index (χ2v) is 1.35. The van der Waals surface area contributed by atoms with E-state index in [4.69, 9.17) is 0 Å². The van der Waals surface area contributed by atoms with Crippen LogP contribution in [0.4, 0.5) is 0 Å². The Morgan fingerprint density at radius 1 is 1.12 bits per heavy atom. The minimum Gasteiger partial charge on any atom is -0.369 e. The quantitative estimate of drug-likeness (QED) is 0.431. The number of amides is 2. The van der Waals surface area contributed by atoms with Gasteiger partial charge in [0.2, 0.25) is 11.8 Å². The predicted octanol–water partition coefficient (Wildman–Crippen LogP) is -1.45. The predicted molar refractivity (Wildman–Crippen MR) is 27.3 cm³/mol. The molecule has 4 heteroatoms. The van der Waals surface area contributed by atoms with E-state index in [0.29, 0.717) is 0 Å². The van der Waals surface area contributed by atoms with E-state index in [-0.39, 0.29) is 5.92 Å². The van der Waals surface area contributed by atoms with Crippen molar-refractivity contribution in [2.75, 3.05) is 0 Å². The molecular weight excluding hydrogens is 108 g/mol. The first kappa shape index (κ1) is 6.94. The van der Waals surface area contributed by atoms with Crippen molar-refractivity contribution in [2.45, 2.75) is 6.92 Å². The van der Waals surface area contributed by atoms with E-state index < -0.39 is 11.8 Å². The summed E-state index contributed by atoms with van der Waals surface area (Å²) in [6.07, 6.45) is 0. The van der Waals surface area contributed by atoms with E-state index in [2.05, 4.69) is 11.5 Å². The van der Waals surface area contributed by atoms with Gasteiger partial charge >= 0.3 is 0 Å². The summed E-state index contributed by atoms with van der Waals surface area (Å²) >= 11 is 0. The molecule has 0 fully saturated rings. The molecule has 1 radical (unpaired) electrons. The third-order valence-corrected chi connectivity index (χ3v) is 0.739. The van der Waals surface area contributed by atoms with Crippen molar-refractivity contribution in [1.82, 2.24) is 0 Å². The van der Waals surface area contributed by atoms with Crippen LogP contribution in [0.15, 0.2) is 0 Å². The molecule has 0 aromatic heterocycles. The normalized spacial score (nSPS) is 9.25. The van der Waals surface area contributed by atoms with Crippen LogP contribution in [0.2, 0.25) is 0 Å². The van der Waals surface area contributed by atoms with Gasteiger partial charge in [-0.15, -0.1) is 0 Å². The summed E-state index contributed by atoms with van der Waals surface area (Å²) < 4.78 is 0. The highest BCUT2D eigenvalue weighted by Crippen LogP contribution is 1.91. The Labute approximate surface area is 46.8 Å². The van der Waals surface area contributed by atoms with E-state index >= 15 is 0 Å². The van der Waals surface area contributed by atoms with E-state index in [0.717, 1.165) is 0 Å². The minimum absolute atomic E-state index is 0.120. The highest BCUT2D eigenvalue weighted by Gasteiger charge is 2.14. The van der Waals surface area contributed by atoms with Gasteiger partial charge in [0.1, 0.15) is 5.92 Å². The third-order valence-electron chi connectivity index (χ3n) is 0.739. The van der Waals surface area contributed by atoms with Gasteiger partial charge in [0.05, 0.1) is 0 Å². The Kier molecular flexibility index (Phi) is 1.99. The van der Waals surface area contributed by atoms with Crippen molar-refractivity contribution < 1.29 is 9.59 Å². The van der Waals surface area contributed by atoms with Crippen LogP contribution < -0.4 is 11.5 Å². The molecule has 4 nitrogen and oxygen atoms in total. The molecule has 0 aromatic carbocycles. The van der Waals surface area contributed by atoms with Crippen molar-refractivity contribution >= 4 is 11.8 Å². The molecule has 0 saturated heterocycles. The van der Waals surface area contributed by atoms with Crippen molar-refractivity contribution in [3.63, 3.8) is 0 Å². The number of hydrogen-bond donors (Lipinski definition) is 2. The smallest absolute Gasteiger partial charge is 0.234 e. The third kappa shape index (κ3) is 1.59. The van der Waals surface area contributed by atoms with Crippen LogP contribution in [0.1, 0.15) is 6.92 Å². The minimum atomic E-state index is -0.766. The van der Waals surface area contributed by atoms with Crippen LogP contribution >= 0.6 is 0 Å². The maximum Gasteiger partial charge on any atom is 0.234 e. The highest BCUT2D eigenvalue weighted by atomic mass is 16.2. The first-order chi connectivity index (χ1) is 3.55. The largest absolute Gasteiger partial charge is 0.369 e. The highest BCUT2D eigenvalue weighted by molar-refractivity contribution is 6.12. The topological polar surface area (TPSA) is 86.2 Å². The lowest BCUT2D eigenvalue weighted by Crippen LogP contribution is -2.30. The van der Waals surface area contributed by atoms with Crippen LogP contribution in [-0.2, 0) is 9.59 Å². The molecule has 45 valence electrons. The number of carbonyl (C=O) groups excluding carboxylic acids is 2. The van der Waals surface area contributed by atoms with Crippen molar-refractivity contribution in [3.05, 3.63) is 5.92 Å². The summed E-state index contributed by atoms with van der Waals surface area (Å²) in [6.45, 7) is 1.28. The molecule has 0 aliphatic rings. The molecule has 0 unspecified atom stereocenters. The Balaban J connectivity index is 3.83. The van der Waals surface area contributed by atoms with Crippen LogP contribution in [-0.4, -0.2) is 11.8 Å². The van der Waals surface area contributed by atoms with Gasteiger partial charge in [-0.25, -0.2) is 0 Å². The molecule has 0 aromatic rings. The summed E-state index contributed by atoms with van der Waals surface area (Å²) in [5.74, 6) is -1.65.